The molecular weight excluding hydrogens is 270 g/mol. The number of hydrogen-bond donors (Lipinski definition) is 2. The first kappa shape index (κ1) is 18.0. The van der Waals surface area contributed by atoms with Gasteiger partial charge in [0.15, 0.2) is 0 Å². The Hall–Kier alpha value is -1.10. The monoisotopic (exact) mass is 299 g/mol. The van der Waals surface area contributed by atoms with Crippen LogP contribution in [0.1, 0.15) is 52.4 Å². The number of nitrogens with one attached hydrogen (secondary N) is 1. The SMILES string of the molecule is CCCCOCCCNC(=O)[C@H]1CC(CC)C[C@H]1C(=O)O. The van der Waals surface area contributed by atoms with Gasteiger partial charge in [-0.25, -0.2) is 0 Å². The molecule has 0 heterocycles. The van der Waals surface area contributed by atoms with Gasteiger partial charge in [-0.3, -0.25) is 9.59 Å². The molecule has 2 N–H and O–H groups in total. The molecule has 1 aliphatic carbocycles. The average Bonchev–Trinajstić information content (AvgIpc) is 2.90. The number of aliphatic carboxylic acids is 1. The van der Waals surface area contributed by atoms with Crippen LogP contribution in [0.4, 0.5) is 0 Å². The van der Waals surface area contributed by atoms with E-state index >= 15 is 0 Å². The summed E-state index contributed by atoms with van der Waals surface area (Å²) in [5.41, 5.74) is 0. The van der Waals surface area contributed by atoms with Crippen molar-refractivity contribution in [3.63, 3.8) is 0 Å². The van der Waals surface area contributed by atoms with Crippen LogP contribution in [-0.2, 0) is 14.3 Å². The van der Waals surface area contributed by atoms with Gasteiger partial charge in [0.1, 0.15) is 0 Å². The second kappa shape index (κ2) is 9.77. The first-order valence-corrected chi connectivity index (χ1v) is 8.18. The van der Waals surface area contributed by atoms with Crippen molar-refractivity contribution in [2.75, 3.05) is 19.8 Å². The molecule has 1 aliphatic rings. The van der Waals surface area contributed by atoms with Crippen LogP contribution in [0.5, 0.6) is 0 Å². The number of hydrogen-bond acceptors (Lipinski definition) is 3. The molecule has 0 aliphatic heterocycles. The summed E-state index contributed by atoms with van der Waals surface area (Å²) in [6.07, 6.45) is 5.23. The van der Waals surface area contributed by atoms with Gasteiger partial charge in [0, 0.05) is 19.8 Å². The van der Waals surface area contributed by atoms with Gasteiger partial charge in [0.05, 0.1) is 11.8 Å². The van der Waals surface area contributed by atoms with E-state index < -0.39 is 11.9 Å². The van der Waals surface area contributed by atoms with Crippen molar-refractivity contribution in [1.29, 1.82) is 0 Å². The normalized spacial score (nSPS) is 25.0. The molecule has 21 heavy (non-hydrogen) atoms. The maximum absolute atomic E-state index is 12.1. The van der Waals surface area contributed by atoms with E-state index in [4.69, 9.17) is 4.74 Å². The maximum atomic E-state index is 12.1. The van der Waals surface area contributed by atoms with Crippen molar-refractivity contribution in [3.8, 4) is 0 Å². The van der Waals surface area contributed by atoms with Crippen LogP contribution in [-0.4, -0.2) is 36.7 Å². The topological polar surface area (TPSA) is 75.6 Å². The predicted octanol–water partition coefficient (Wildman–Crippen LogP) is 2.45. The van der Waals surface area contributed by atoms with Crippen LogP contribution in [0.3, 0.4) is 0 Å². The second-order valence-corrected chi connectivity index (χ2v) is 5.91. The number of ether oxygens (including phenoxy) is 1. The summed E-state index contributed by atoms with van der Waals surface area (Å²) in [6, 6.07) is 0. The molecule has 1 amide bonds. The van der Waals surface area contributed by atoms with Gasteiger partial charge in [-0.2, -0.15) is 0 Å². The van der Waals surface area contributed by atoms with Crippen LogP contribution in [0.2, 0.25) is 0 Å². The van der Waals surface area contributed by atoms with Crippen molar-refractivity contribution in [2.24, 2.45) is 17.8 Å². The predicted molar refractivity (Wildman–Crippen MR) is 81.0 cm³/mol. The summed E-state index contributed by atoms with van der Waals surface area (Å²) in [5, 5.41) is 12.1. The van der Waals surface area contributed by atoms with Gasteiger partial charge < -0.3 is 15.2 Å². The number of carboxylic acids is 1. The third kappa shape index (κ3) is 6.04. The Kier molecular flexibility index (Phi) is 8.35. The summed E-state index contributed by atoms with van der Waals surface area (Å²) in [7, 11) is 0. The van der Waals surface area contributed by atoms with Crippen molar-refractivity contribution in [2.45, 2.75) is 52.4 Å². The fourth-order valence-corrected chi connectivity index (χ4v) is 2.90. The molecule has 0 saturated heterocycles. The summed E-state index contributed by atoms with van der Waals surface area (Å²) in [5.74, 6) is -1.47. The van der Waals surface area contributed by atoms with E-state index in [2.05, 4.69) is 19.2 Å². The molecule has 5 nitrogen and oxygen atoms in total. The zero-order valence-electron chi connectivity index (χ0n) is 13.3. The Bertz CT molecular complexity index is 332. The van der Waals surface area contributed by atoms with Crippen LogP contribution in [0.15, 0.2) is 0 Å². The summed E-state index contributed by atoms with van der Waals surface area (Å²) in [4.78, 5) is 23.4. The lowest BCUT2D eigenvalue weighted by Gasteiger charge is -2.15. The number of carbonyl (C=O) groups excluding carboxylic acids is 1. The van der Waals surface area contributed by atoms with Gasteiger partial charge >= 0.3 is 5.97 Å². The molecule has 122 valence electrons. The fraction of sp³-hybridized carbons (Fsp3) is 0.875. The highest BCUT2D eigenvalue weighted by molar-refractivity contribution is 5.85. The second-order valence-electron chi connectivity index (χ2n) is 5.91. The largest absolute Gasteiger partial charge is 0.481 e. The lowest BCUT2D eigenvalue weighted by Crippen LogP contribution is -2.36. The van der Waals surface area contributed by atoms with Crippen molar-refractivity contribution in [1.82, 2.24) is 5.32 Å². The molecule has 0 aromatic carbocycles. The van der Waals surface area contributed by atoms with E-state index in [1.807, 2.05) is 0 Å². The van der Waals surface area contributed by atoms with Gasteiger partial charge in [0.25, 0.3) is 0 Å². The average molecular weight is 299 g/mol. The number of unbranched alkanes of at least 4 members (excludes halogenated alkanes) is 1. The van der Waals surface area contributed by atoms with Crippen LogP contribution in [0.25, 0.3) is 0 Å². The molecule has 0 aromatic heterocycles. The highest BCUT2D eigenvalue weighted by Crippen LogP contribution is 2.38. The molecule has 1 rings (SSSR count). The van der Waals surface area contributed by atoms with Gasteiger partial charge in [0.2, 0.25) is 5.91 Å². The first-order chi connectivity index (χ1) is 10.1. The molecule has 0 bridgehead atoms. The molecule has 5 heteroatoms. The van der Waals surface area contributed by atoms with E-state index in [1.165, 1.54) is 0 Å². The molecule has 0 aromatic rings. The molecule has 3 atom stereocenters. The van der Waals surface area contributed by atoms with Gasteiger partial charge in [-0.05, 0) is 31.6 Å². The Labute approximate surface area is 127 Å². The van der Waals surface area contributed by atoms with E-state index in [-0.39, 0.29) is 11.8 Å². The number of rotatable bonds is 10. The molecule has 1 saturated carbocycles. The molecule has 0 spiro atoms. The minimum Gasteiger partial charge on any atom is -0.481 e. The third-order valence-electron chi connectivity index (χ3n) is 4.30. The van der Waals surface area contributed by atoms with Gasteiger partial charge in [-0.1, -0.05) is 26.7 Å². The zero-order valence-corrected chi connectivity index (χ0v) is 13.3. The van der Waals surface area contributed by atoms with Crippen LogP contribution < -0.4 is 5.32 Å². The summed E-state index contributed by atoms with van der Waals surface area (Å²) in [6.45, 7) is 6.15. The smallest absolute Gasteiger partial charge is 0.307 e. The Morgan fingerprint density at radius 3 is 2.43 bits per heavy atom. The minimum absolute atomic E-state index is 0.105. The van der Waals surface area contributed by atoms with Crippen molar-refractivity contribution >= 4 is 11.9 Å². The van der Waals surface area contributed by atoms with E-state index in [0.717, 1.165) is 32.3 Å². The van der Waals surface area contributed by atoms with Crippen LogP contribution in [0, 0.1) is 17.8 Å². The highest BCUT2D eigenvalue weighted by atomic mass is 16.5. The highest BCUT2D eigenvalue weighted by Gasteiger charge is 2.41. The summed E-state index contributed by atoms with van der Waals surface area (Å²) < 4.78 is 5.43. The number of carboxylic acid groups (broad SMARTS) is 1. The summed E-state index contributed by atoms with van der Waals surface area (Å²) >= 11 is 0. The molecule has 1 fully saturated rings. The van der Waals surface area contributed by atoms with Crippen molar-refractivity contribution in [3.05, 3.63) is 0 Å². The van der Waals surface area contributed by atoms with Crippen molar-refractivity contribution < 1.29 is 19.4 Å². The van der Waals surface area contributed by atoms with E-state index in [9.17, 15) is 14.7 Å². The minimum atomic E-state index is -0.839. The Balaban J connectivity index is 2.25. The fourth-order valence-electron chi connectivity index (χ4n) is 2.90. The third-order valence-corrected chi connectivity index (χ3v) is 4.30. The standard InChI is InChI=1S/C16H29NO4/c1-3-5-8-21-9-6-7-17-15(18)13-10-12(4-2)11-14(13)16(19)20/h12-14H,3-11H2,1-2H3,(H,17,18)(H,19,20)/t12?,13-,14+/m0/s1. The van der Waals surface area contributed by atoms with E-state index in [0.29, 0.717) is 31.9 Å². The number of carbonyl (C=O) groups is 2. The van der Waals surface area contributed by atoms with Crippen LogP contribution >= 0.6 is 0 Å². The Morgan fingerprint density at radius 2 is 1.81 bits per heavy atom. The molecule has 1 unspecified atom stereocenters. The lowest BCUT2D eigenvalue weighted by atomic mass is 9.95. The lowest BCUT2D eigenvalue weighted by molar-refractivity contribution is -0.146. The quantitative estimate of drug-likeness (QED) is 0.608. The maximum Gasteiger partial charge on any atom is 0.307 e. The molecular formula is C16H29NO4. The molecule has 0 radical (unpaired) electrons. The number of amides is 1. The Morgan fingerprint density at radius 1 is 1.14 bits per heavy atom. The first-order valence-electron chi connectivity index (χ1n) is 8.18. The van der Waals surface area contributed by atoms with E-state index in [1.54, 1.807) is 0 Å². The zero-order chi connectivity index (χ0) is 15.7. The van der Waals surface area contributed by atoms with Gasteiger partial charge in [-0.15, -0.1) is 0 Å².